The molecule has 1 unspecified atom stereocenters. The molecule has 6 N–H and O–H groups in total. The van der Waals surface area contributed by atoms with Gasteiger partial charge in [-0.15, -0.1) is 0 Å². The van der Waals surface area contributed by atoms with Crippen molar-refractivity contribution >= 4 is 35.1 Å². The van der Waals surface area contributed by atoms with Crippen LogP contribution >= 0.6 is 11.8 Å². The first kappa shape index (κ1) is 19.7. The number of rotatable bonds is 3. The van der Waals surface area contributed by atoms with Gasteiger partial charge < -0.3 is 27.0 Å². The molecule has 3 amide bonds. The van der Waals surface area contributed by atoms with Crippen LogP contribution in [0, 0.1) is 11.3 Å². The van der Waals surface area contributed by atoms with Gasteiger partial charge in [-0.3, -0.25) is 4.79 Å². The van der Waals surface area contributed by atoms with E-state index in [1.165, 1.54) is 11.8 Å². The van der Waals surface area contributed by atoms with Crippen molar-refractivity contribution in [2.24, 2.45) is 5.73 Å². The number of anilines is 2. The molecule has 0 spiro atoms. The molecule has 0 fully saturated rings. The van der Waals surface area contributed by atoms with Gasteiger partial charge in [0.15, 0.2) is 4.87 Å². The quantitative estimate of drug-likeness (QED) is 0.562. The Morgan fingerprint density at radius 2 is 2.03 bits per heavy atom. The van der Waals surface area contributed by atoms with Crippen LogP contribution in [-0.2, 0) is 9.67 Å². The molecule has 1 atom stereocenters. The van der Waals surface area contributed by atoms with E-state index in [1.807, 2.05) is 6.07 Å². The van der Waals surface area contributed by atoms with E-state index in [-0.39, 0.29) is 6.03 Å². The average Bonchev–Trinajstić information content (AvgIpc) is 3.14. The van der Waals surface area contributed by atoms with E-state index < -0.39 is 10.8 Å². The third-order valence-corrected chi connectivity index (χ3v) is 6.57. The van der Waals surface area contributed by atoms with Crippen molar-refractivity contribution in [1.82, 2.24) is 10.2 Å². The summed E-state index contributed by atoms with van der Waals surface area (Å²) in [5, 5.41) is 15.1. The van der Waals surface area contributed by atoms with Crippen LogP contribution in [0.3, 0.4) is 0 Å². The molecule has 4 rings (SSSR count). The molecule has 152 valence electrons. The van der Waals surface area contributed by atoms with Crippen molar-refractivity contribution < 1.29 is 9.59 Å². The van der Waals surface area contributed by atoms with E-state index in [1.54, 1.807) is 47.4 Å². The van der Waals surface area contributed by atoms with Crippen LogP contribution in [-0.4, -0.2) is 29.9 Å². The minimum absolute atomic E-state index is 0.270. The van der Waals surface area contributed by atoms with Crippen molar-refractivity contribution in [2.75, 3.05) is 24.1 Å². The molecule has 2 heterocycles. The lowest BCUT2D eigenvalue weighted by molar-refractivity contribution is -0.121. The summed E-state index contributed by atoms with van der Waals surface area (Å²) >= 11 is 1.30. The molecule has 0 bridgehead atoms. The monoisotopic (exact) mass is 420 g/mol. The second-order valence-corrected chi connectivity index (χ2v) is 8.37. The number of nitrogens with two attached hydrogens (primary N) is 2. The first-order chi connectivity index (χ1) is 14.4. The number of nitrogens with one attached hydrogen (secondary N) is 2. The number of carbonyl (C=O) groups is 2. The molecular formula is C21H20N6O2S. The number of nitrogens with zero attached hydrogens (tertiary/aromatic N) is 2. The predicted molar refractivity (Wildman–Crippen MR) is 116 cm³/mol. The fourth-order valence-corrected chi connectivity index (χ4v) is 5.05. The molecule has 2 aliphatic heterocycles. The summed E-state index contributed by atoms with van der Waals surface area (Å²) in [7, 11) is 0. The molecule has 0 saturated carbocycles. The summed E-state index contributed by atoms with van der Waals surface area (Å²) in [6, 6.07) is 15.6. The minimum atomic E-state index is -1.19. The average molecular weight is 420 g/mol. The summed E-state index contributed by atoms with van der Waals surface area (Å²) in [6.07, 6.45) is 0.565. The van der Waals surface area contributed by atoms with E-state index in [0.29, 0.717) is 42.0 Å². The van der Waals surface area contributed by atoms with Crippen molar-refractivity contribution in [3.8, 4) is 6.07 Å². The molecular weight excluding hydrogens is 400 g/mol. The number of para-hydroxylation sites is 1. The van der Waals surface area contributed by atoms with Crippen molar-refractivity contribution in [2.45, 2.75) is 11.3 Å². The van der Waals surface area contributed by atoms with Gasteiger partial charge in [0.05, 0.1) is 18.2 Å². The lowest BCUT2D eigenvalue weighted by Gasteiger charge is -2.28. The van der Waals surface area contributed by atoms with Gasteiger partial charge in [-0.1, -0.05) is 36.0 Å². The highest BCUT2D eigenvalue weighted by molar-refractivity contribution is 8.05. The largest absolute Gasteiger partial charge is 0.398 e. The molecule has 0 aliphatic carbocycles. The Morgan fingerprint density at radius 1 is 1.23 bits per heavy atom. The topological polar surface area (TPSA) is 137 Å². The van der Waals surface area contributed by atoms with Crippen LogP contribution < -0.4 is 22.1 Å². The lowest BCUT2D eigenvalue weighted by atomic mass is 10.0. The molecule has 2 aromatic rings. The van der Waals surface area contributed by atoms with Gasteiger partial charge in [-0.25, -0.2) is 4.79 Å². The van der Waals surface area contributed by atoms with Crippen molar-refractivity contribution in [3.05, 3.63) is 70.3 Å². The summed E-state index contributed by atoms with van der Waals surface area (Å²) in [5.41, 5.74) is 14.9. The highest BCUT2D eigenvalue weighted by Crippen LogP contribution is 2.49. The summed E-state index contributed by atoms with van der Waals surface area (Å²) in [5.74, 6) is -0.538. The summed E-state index contributed by atoms with van der Waals surface area (Å²) in [6.45, 7) is 0.827. The zero-order valence-electron chi connectivity index (χ0n) is 16.0. The number of carbonyl (C=O) groups excluding carboxylic acids is 2. The molecule has 0 saturated heterocycles. The lowest BCUT2D eigenvalue weighted by Crippen LogP contribution is -2.47. The fourth-order valence-electron chi connectivity index (χ4n) is 3.61. The maximum atomic E-state index is 12.7. The number of urea groups is 1. The molecule has 0 radical (unpaired) electrons. The second-order valence-electron chi connectivity index (χ2n) is 7.06. The zero-order chi connectivity index (χ0) is 21.3. The van der Waals surface area contributed by atoms with Crippen LogP contribution in [0.15, 0.2) is 59.1 Å². The van der Waals surface area contributed by atoms with Gasteiger partial charge in [0.2, 0.25) is 0 Å². The van der Waals surface area contributed by atoms with Crippen LogP contribution in [0.25, 0.3) is 0 Å². The fraction of sp³-hybridized carbons (Fsp3) is 0.190. The van der Waals surface area contributed by atoms with Gasteiger partial charge in [-0.05, 0) is 24.3 Å². The van der Waals surface area contributed by atoms with E-state index in [9.17, 15) is 9.59 Å². The third kappa shape index (κ3) is 3.42. The van der Waals surface area contributed by atoms with Crippen molar-refractivity contribution in [3.63, 3.8) is 0 Å². The molecule has 2 aromatic carbocycles. The molecule has 2 aliphatic rings. The number of hydrogen-bond acceptors (Lipinski definition) is 6. The number of thioether (sulfide) groups is 1. The van der Waals surface area contributed by atoms with Crippen LogP contribution in [0.5, 0.6) is 0 Å². The van der Waals surface area contributed by atoms with E-state index in [2.05, 4.69) is 16.7 Å². The first-order valence-electron chi connectivity index (χ1n) is 9.33. The highest BCUT2D eigenvalue weighted by atomic mass is 32.2. The maximum absolute atomic E-state index is 12.7. The SMILES string of the molecule is N#Cc1cccc(NC(=O)N2CCC3=C(C2)SC(C(N)=O)(c2ccccc2N)N3)c1. The van der Waals surface area contributed by atoms with E-state index >= 15 is 0 Å². The molecule has 30 heavy (non-hydrogen) atoms. The van der Waals surface area contributed by atoms with Gasteiger partial charge in [-0.2, -0.15) is 5.26 Å². The van der Waals surface area contributed by atoms with Gasteiger partial charge in [0.1, 0.15) is 0 Å². The Bertz CT molecular complexity index is 1110. The maximum Gasteiger partial charge on any atom is 0.322 e. The Morgan fingerprint density at radius 3 is 2.77 bits per heavy atom. The normalized spacial score (nSPS) is 20.2. The Hall–Kier alpha value is -3.64. The zero-order valence-corrected chi connectivity index (χ0v) is 16.8. The number of nitriles is 1. The van der Waals surface area contributed by atoms with E-state index in [4.69, 9.17) is 16.7 Å². The summed E-state index contributed by atoms with van der Waals surface area (Å²) < 4.78 is 0. The minimum Gasteiger partial charge on any atom is -0.398 e. The van der Waals surface area contributed by atoms with Crippen molar-refractivity contribution in [1.29, 1.82) is 5.26 Å². The Balaban J connectivity index is 1.52. The molecule has 9 heteroatoms. The first-order valence-corrected chi connectivity index (χ1v) is 10.1. The number of hydrogen-bond donors (Lipinski definition) is 4. The smallest absolute Gasteiger partial charge is 0.322 e. The van der Waals surface area contributed by atoms with Gasteiger partial charge in [0.25, 0.3) is 5.91 Å². The number of primary amides is 1. The number of benzene rings is 2. The van der Waals surface area contributed by atoms with Crippen LogP contribution in [0.4, 0.5) is 16.2 Å². The third-order valence-electron chi connectivity index (χ3n) is 5.12. The van der Waals surface area contributed by atoms with Crippen LogP contribution in [0.1, 0.15) is 17.5 Å². The summed E-state index contributed by atoms with van der Waals surface area (Å²) in [4.78, 5) is 26.6. The van der Waals surface area contributed by atoms with Gasteiger partial charge in [0, 0.05) is 40.5 Å². The Labute approximate surface area is 177 Å². The van der Waals surface area contributed by atoms with Crippen LogP contribution in [0.2, 0.25) is 0 Å². The van der Waals surface area contributed by atoms with Gasteiger partial charge >= 0.3 is 6.03 Å². The van der Waals surface area contributed by atoms with E-state index in [0.717, 1.165) is 10.6 Å². The Kier molecular flexibility index (Phi) is 5.01. The molecule has 0 aromatic heterocycles. The highest BCUT2D eigenvalue weighted by Gasteiger charge is 2.48. The number of amides is 3. The standard InChI is InChI=1S/C21H20N6O2S/c22-11-13-4-3-5-14(10-13)25-20(29)27-9-8-17-18(12-27)30-21(26-17,19(24)28)15-6-1-2-7-16(15)23/h1-7,10,26H,8-9,12,23H2,(H2,24,28)(H,25,29). The molecule has 8 nitrogen and oxygen atoms in total. The second kappa shape index (κ2) is 7.65. The predicted octanol–water partition coefficient (Wildman–Crippen LogP) is 2.26. The number of nitrogen functional groups attached to an aromatic ring is 1.